The zero-order chi connectivity index (χ0) is 21.8. The van der Waals surface area contributed by atoms with E-state index in [1.165, 1.54) is 7.05 Å². The minimum atomic E-state index is -4.14. The lowest BCUT2D eigenvalue weighted by molar-refractivity contribution is 0.0601. The molecule has 2 heterocycles. The van der Waals surface area contributed by atoms with Crippen LogP contribution in [0.5, 0.6) is 0 Å². The van der Waals surface area contributed by atoms with Crippen LogP contribution < -0.4 is 10.6 Å². The van der Waals surface area contributed by atoms with Gasteiger partial charge in [-0.3, -0.25) is 0 Å². The van der Waals surface area contributed by atoms with E-state index in [2.05, 4.69) is 15.6 Å². The molecule has 2 saturated heterocycles. The first-order valence-corrected chi connectivity index (χ1v) is 10.2. The van der Waals surface area contributed by atoms with Crippen molar-refractivity contribution in [2.75, 3.05) is 20.1 Å². The number of sulfonamides is 1. The first-order chi connectivity index (χ1) is 13.3. The first kappa shape index (κ1) is 21.4. The maximum atomic E-state index is 14.6. The van der Waals surface area contributed by atoms with Crippen molar-refractivity contribution in [1.82, 2.24) is 14.9 Å². The Kier molecular flexibility index (Phi) is 5.06. The van der Waals surface area contributed by atoms with Gasteiger partial charge in [-0.25, -0.2) is 30.7 Å². The molecule has 0 radical (unpaired) electrons. The predicted molar refractivity (Wildman–Crippen MR) is 98.1 cm³/mol. The van der Waals surface area contributed by atoms with Crippen LogP contribution in [0.4, 0.5) is 18.0 Å². The molecule has 0 aromatic heterocycles. The molecule has 0 bridgehead atoms. The van der Waals surface area contributed by atoms with Crippen LogP contribution in [-0.2, 0) is 20.3 Å². The van der Waals surface area contributed by atoms with Gasteiger partial charge in [-0.1, -0.05) is 0 Å². The van der Waals surface area contributed by atoms with E-state index in [1.54, 1.807) is 20.8 Å². The summed E-state index contributed by atoms with van der Waals surface area (Å²) >= 11 is 0. The molecule has 3 rings (SSSR count). The van der Waals surface area contributed by atoms with Crippen molar-refractivity contribution >= 4 is 22.1 Å². The van der Waals surface area contributed by atoms with Gasteiger partial charge in [0.05, 0.1) is 0 Å². The Labute approximate surface area is 166 Å². The minimum absolute atomic E-state index is 0.0716. The molecule has 29 heavy (non-hydrogen) atoms. The van der Waals surface area contributed by atoms with Crippen LogP contribution in [0.2, 0.25) is 0 Å². The number of carbonyl (C=O) groups is 1. The van der Waals surface area contributed by atoms with E-state index in [9.17, 15) is 26.4 Å². The van der Waals surface area contributed by atoms with Crippen molar-refractivity contribution in [2.24, 2.45) is 4.99 Å². The van der Waals surface area contributed by atoms with Crippen LogP contribution in [0, 0.1) is 17.5 Å². The molecular weight excluding hydrogens is 413 g/mol. The molecule has 8 nitrogen and oxygen atoms in total. The molecule has 2 unspecified atom stereocenters. The highest BCUT2D eigenvalue weighted by molar-refractivity contribution is 7.90. The van der Waals surface area contributed by atoms with Gasteiger partial charge in [0.2, 0.25) is 16.0 Å². The van der Waals surface area contributed by atoms with Gasteiger partial charge in [0.15, 0.2) is 11.6 Å². The number of aliphatic imine (C=N–C) groups is 1. The second-order valence-electron chi connectivity index (χ2n) is 7.89. The van der Waals surface area contributed by atoms with Gasteiger partial charge in [0.1, 0.15) is 22.2 Å². The largest absolute Gasteiger partial charge is 0.442 e. The van der Waals surface area contributed by atoms with Gasteiger partial charge < -0.3 is 15.4 Å². The van der Waals surface area contributed by atoms with Crippen molar-refractivity contribution in [3.63, 3.8) is 0 Å². The quantitative estimate of drug-likeness (QED) is 0.649. The predicted octanol–water partition coefficient (Wildman–Crippen LogP) is 1.43. The summed E-state index contributed by atoms with van der Waals surface area (Å²) in [4.78, 5) is 15.8. The highest BCUT2D eigenvalue weighted by Gasteiger charge is 2.58. The number of nitrogens with zero attached hydrogens (tertiary/aromatic N) is 2. The SMILES string of the molecule is CN1/C(=N/C(=O)OC(C)(C)C)NC2(c3cc(F)c(F)cc3F)CNCC2S1(=O)=O. The Bertz CT molecular complexity index is 993. The molecule has 2 N–H and O–H groups in total. The number of ether oxygens (including phenoxy) is 1. The Morgan fingerprint density at radius 1 is 1.24 bits per heavy atom. The maximum Gasteiger partial charge on any atom is 0.437 e. The fourth-order valence-electron chi connectivity index (χ4n) is 3.43. The Morgan fingerprint density at radius 3 is 2.48 bits per heavy atom. The lowest BCUT2D eigenvalue weighted by Gasteiger charge is -2.44. The minimum Gasteiger partial charge on any atom is -0.442 e. The summed E-state index contributed by atoms with van der Waals surface area (Å²) in [5.41, 5.74) is -2.97. The number of nitrogens with one attached hydrogen (secondary N) is 2. The number of carbonyl (C=O) groups excluding carboxylic acids is 1. The number of guanidine groups is 1. The molecule has 2 aliphatic heterocycles. The van der Waals surface area contributed by atoms with E-state index in [1.807, 2.05) is 0 Å². The number of hydrogen-bond acceptors (Lipinski definition) is 5. The molecule has 1 amide bonds. The monoisotopic (exact) mass is 434 g/mol. The third kappa shape index (κ3) is 3.66. The zero-order valence-electron chi connectivity index (χ0n) is 16.2. The molecule has 2 fully saturated rings. The number of rotatable bonds is 1. The Balaban J connectivity index is 2.14. The summed E-state index contributed by atoms with van der Waals surface area (Å²) in [6.45, 7) is 4.62. The van der Waals surface area contributed by atoms with E-state index in [0.29, 0.717) is 12.1 Å². The number of benzene rings is 1. The van der Waals surface area contributed by atoms with Gasteiger partial charge in [-0.05, 0) is 26.8 Å². The molecule has 0 aliphatic carbocycles. The van der Waals surface area contributed by atoms with Gasteiger partial charge in [0.25, 0.3) is 0 Å². The van der Waals surface area contributed by atoms with E-state index in [4.69, 9.17) is 4.74 Å². The molecule has 0 saturated carbocycles. The van der Waals surface area contributed by atoms with Crippen LogP contribution in [0.1, 0.15) is 26.3 Å². The molecule has 160 valence electrons. The second-order valence-corrected chi connectivity index (χ2v) is 10.0. The van der Waals surface area contributed by atoms with Crippen LogP contribution in [0.25, 0.3) is 0 Å². The summed E-state index contributed by atoms with van der Waals surface area (Å²) in [6, 6.07) is 0.968. The number of hydrogen-bond donors (Lipinski definition) is 2. The van der Waals surface area contributed by atoms with Crippen molar-refractivity contribution in [1.29, 1.82) is 0 Å². The average Bonchev–Trinajstić information content (AvgIpc) is 3.00. The Hall–Kier alpha value is -2.34. The first-order valence-electron chi connectivity index (χ1n) is 8.71. The van der Waals surface area contributed by atoms with E-state index in [-0.39, 0.29) is 18.7 Å². The summed E-state index contributed by atoms with van der Waals surface area (Å²) in [5, 5.41) is 4.34. The summed E-state index contributed by atoms with van der Waals surface area (Å²) in [5.74, 6) is -4.27. The topological polar surface area (TPSA) is 100 Å². The van der Waals surface area contributed by atoms with Crippen molar-refractivity contribution in [3.8, 4) is 0 Å². The van der Waals surface area contributed by atoms with Crippen molar-refractivity contribution in [2.45, 2.75) is 37.2 Å². The van der Waals surface area contributed by atoms with Crippen molar-refractivity contribution < 1.29 is 31.1 Å². The molecule has 0 spiro atoms. The molecular formula is C17H21F3N4O4S. The van der Waals surface area contributed by atoms with Crippen LogP contribution in [0.3, 0.4) is 0 Å². The van der Waals surface area contributed by atoms with Gasteiger partial charge in [-0.2, -0.15) is 0 Å². The zero-order valence-corrected chi connectivity index (χ0v) is 17.0. The number of halogens is 3. The van der Waals surface area contributed by atoms with E-state index in [0.717, 1.165) is 4.31 Å². The fourth-order valence-corrected chi connectivity index (χ4v) is 5.25. The normalized spacial score (nSPS) is 27.5. The standard InChI is InChI=1S/C17H21F3N4O4S/c1-16(2,3)28-15(25)22-14-23-17(9-5-11(19)12(20)6-10(9)18)8-21-7-13(17)29(26,27)24(14)4/h5-6,13,21H,7-8H2,1-4H3,(H,22,23,25). The number of amides is 1. The smallest absolute Gasteiger partial charge is 0.437 e. The van der Waals surface area contributed by atoms with Crippen molar-refractivity contribution in [3.05, 3.63) is 35.1 Å². The molecule has 2 atom stereocenters. The van der Waals surface area contributed by atoms with E-state index >= 15 is 0 Å². The van der Waals surface area contributed by atoms with Gasteiger partial charge in [0, 0.05) is 31.8 Å². The van der Waals surface area contributed by atoms with Crippen LogP contribution >= 0.6 is 0 Å². The molecule has 2 aliphatic rings. The highest BCUT2D eigenvalue weighted by Crippen LogP contribution is 2.39. The number of fused-ring (bicyclic) bond motifs is 1. The van der Waals surface area contributed by atoms with E-state index < -0.39 is 55.9 Å². The molecule has 12 heteroatoms. The Morgan fingerprint density at radius 2 is 1.86 bits per heavy atom. The highest BCUT2D eigenvalue weighted by atomic mass is 32.2. The van der Waals surface area contributed by atoms with Crippen LogP contribution in [0.15, 0.2) is 17.1 Å². The third-order valence-electron chi connectivity index (χ3n) is 4.74. The molecule has 1 aromatic carbocycles. The lowest BCUT2D eigenvalue weighted by atomic mass is 9.87. The fraction of sp³-hybridized carbons (Fsp3) is 0.529. The summed E-state index contributed by atoms with van der Waals surface area (Å²) in [7, 11) is -2.96. The molecule has 1 aromatic rings. The summed E-state index contributed by atoms with van der Waals surface area (Å²) in [6.07, 6.45) is -1.06. The van der Waals surface area contributed by atoms with Crippen LogP contribution in [-0.4, -0.2) is 55.8 Å². The lowest BCUT2D eigenvalue weighted by Crippen LogP contribution is -2.67. The van der Waals surface area contributed by atoms with Gasteiger partial charge in [-0.15, -0.1) is 4.99 Å². The van der Waals surface area contributed by atoms with Gasteiger partial charge >= 0.3 is 6.09 Å². The maximum absolute atomic E-state index is 14.6. The summed E-state index contributed by atoms with van der Waals surface area (Å²) < 4.78 is 73.8. The second kappa shape index (κ2) is 6.87. The average molecular weight is 434 g/mol. The third-order valence-corrected chi connectivity index (χ3v) is 6.96.